The summed E-state index contributed by atoms with van der Waals surface area (Å²) in [5.41, 5.74) is 0. The van der Waals surface area contributed by atoms with Crippen molar-refractivity contribution in [2.24, 2.45) is 0 Å². The molecule has 104 valence electrons. The second kappa shape index (κ2) is 5.48. The summed E-state index contributed by atoms with van der Waals surface area (Å²) in [4.78, 5) is 11.2. The molecule has 1 heterocycles. The van der Waals surface area contributed by atoms with Crippen molar-refractivity contribution in [2.45, 2.75) is 30.2 Å². The smallest absolute Gasteiger partial charge is 0.322 e. The van der Waals surface area contributed by atoms with Crippen LogP contribution in [0.4, 0.5) is 0 Å². The quantitative estimate of drug-likeness (QED) is 0.926. The van der Waals surface area contributed by atoms with Crippen LogP contribution in [0.15, 0.2) is 29.2 Å². The first-order chi connectivity index (χ1) is 8.94. The van der Waals surface area contributed by atoms with E-state index in [9.17, 15) is 13.2 Å². The first-order valence-corrected chi connectivity index (χ1v) is 7.75. The zero-order valence-corrected chi connectivity index (χ0v) is 11.7. The molecule has 0 amide bonds. The van der Waals surface area contributed by atoms with Crippen molar-refractivity contribution in [1.82, 2.24) is 4.31 Å². The van der Waals surface area contributed by atoms with Crippen LogP contribution in [0.5, 0.6) is 0 Å². The Hall–Kier alpha value is -1.11. The highest BCUT2D eigenvalue weighted by Gasteiger charge is 2.38. The van der Waals surface area contributed by atoms with E-state index in [-0.39, 0.29) is 16.5 Å². The second-order valence-corrected chi connectivity index (χ2v) is 6.66. The molecular formula is C12H14ClNO4S. The van der Waals surface area contributed by atoms with Crippen LogP contribution in [0, 0.1) is 0 Å². The minimum atomic E-state index is -3.87. The van der Waals surface area contributed by atoms with Crippen LogP contribution < -0.4 is 0 Å². The molecule has 1 aliphatic heterocycles. The van der Waals surface area contributed by atoms with Crippen molar-refractivity contribution in [3.05, 3.63) is 29.3 Å². The SMILES string of the molecule is O=C(O)[C@H]1CCCCN1S(=O)(=O)c1ccccc1Cl. The van der Waals surface area contributed by atoms with Gasteiger partial charge in [0.05, 0.1) is 5.02 Å². The van der Waals surface area contributed by atoms with Crippen LogP contribution in [0.1, 0.15) is 19.3 Å². The van der Waals surface area contributed by atoms with Crippen LogP contribution >= 0.6 is 11.6 Å². The molecule has 1 aromatic carbocycles. The number of piperidine rings is 1. The van der Waals surface area contributed by atoms with E-state index in [0.29, 0.717) is 19.3 Å². The lowest BCUT2D eigenvalue weighted by Gasteiger charge is -2.32. The minimum Gasteiger partial charge on any atom is -0.480 e. The molecule has 0 unspecified atom stereocenters. The van der Waals surface area contributed by atoms with Crippen LogP contribution in [0.25, 0.3) is 0 Å². The van der Waals surface area contributed by atoms with Gasteiger partial charge in [0.15, 0.2) is 0 Å². The molecule has 2 rings (SSSR count). The molecule has 0 bridgehead atoms. The summed E-state index contributed by atoms with van der Waals surface area (Å²) in [5.74, 6) is -1.12. The van der Waals surface area contributed by atoms with Crippen molar-refractivity contribution in [2.75, 3.05) is 6.54 Å². The van der Waals surface area contributed by atoms with E-state index in [1.54, 1.807) is 12.1 Å². The first-order valence-electron chi connectivity index (χ1n) is 5.94. The Labute approximate surface area is 116 Å². The van der Waals surface area contributed by atoms with Gasteiger partial charge in [0.25, 0.3) is 0 Å². The number of carbonyl (C=O) groups is 1. The third kappa shape index (κ3) is 2.75. The summed E-state index contributed by atoms with van der Waals surface area (Å²) < 4.78 is 26.0. The van der Waals surface area contributed by atoms with E-state index in [1.807, 2.05) is 0 Å². The van der Waals surface area contributed by atoms with Crippen LogP contribution in [-0.2, 0) is 14.8 Å². The maximum atomic E-state index is 12.5. The average molecular weight is 304 g/mol. The Morgan fingerprint density at radius 1 is 1.32 bits per heavy atom. The molecule has 5 nitrogen and oxygen atoms in total. The van der Waals surface area contributed by atoms with Crippen LogP contribution in [0.3, 0.4) is 0 Å². The predicted octanol–water partition coefficient (Wildman–Crippen LogP) is 1.97. The lowest BCUT2D eigenvalue weighted by molar-refractivity contribution is -0.142. The number of nitrogens with zero attached hydrogens (tertiary/aromatic N) is 1. The molecule has 1 aliphatic rings. The number of halogens is 1. The fourth-order valence-corrected chi connectivity index (χ4v) is 4.37. The Kier molecular flexibility index (Phi) is 4.13. The van der Waals surface area contributed by atoms with Crippen molar-refractivity contribution in [3.63, 3.8) is 0 Å². The minimum absolute atomic E-state index is 0.0372. The first kappa shape index (κ1) is 14.3. The summed E-state index contributed by atoms with van der Waals surface area (Å²) in [6, 6.07) is 5.07. The van der Waals surface area contributed by atoms with Gasteiger partial charge < -0.3 is 5.11 Å². The highest BCUT2D eigenvalue weighted by atomic mass is 35.5. The van der Waals surface area contributed by atoms with Gasteiger partial charge in [-0.1, -0.05) is 23.7 Å². The fraction of sp³-hybridized carbons (Fsp3) is 0.417. The van der Waals surface area contributed by atoms with Crippen LogP contribution in [-0.4, -0.2) is 36.4 Å². The number of hydrogen-bond donors (Lipinski definition) is 1. The largest absolute Gasteiger partial charge is 0.480 e. The molecule has 0 aliphatic carbocycles. The second-order valence-electron chi connectivity index (χ2n) is 4.40. The zero-order chi connectivity index (χ0) is 14.0. The monoisotopic (exact) mass is 303 g/mol. The van der Waals surface area contributed by atoms with E-state index in [2.05, 4.69) is 0 Å². The van der Waals surface area contributed by atoms with Crippen molar-refractivity contribution in [3.8, 4) is 0 Å². The molecule has 0 aromatic heterocycles. The Morgan fingerprint density at radius 2 is 2.00 bits per heavy atom. The van der Waals surface area contributed by atoms with Gasteiger partial charge in [0.2, 0.25) is 10.0 Å². The van der Waals surface area contributed by atoms with Crippen molar-refractivity contribution < 1.29 is 18.3 Å². The number of carboxylic acid groups (broad SMARTS) is 1. The molecule has 0 spiro atoms. The molecule has 1 saturated heterocycles. The van der Waals surface area contributed by atoms with Gasteiger partial charge in [-0.2, -0.15) is 4.31 Å². The molecule has 7 heteroatoms. The fourth-order valence-electron chi connectivity index (χ4n) is 2.22. The predicted molar refractivity (Wildman–Crippen MR) is 70.6 cm³/mol. The summed E-state index contributed by atoms with van der Waals surface area (Å²) in [5, 5.41) is 9.26. The highest BCUT2D eigenvalue weighted by molar-refractivity contribution is 7.89. The number of rotatable bonds is 3. The number of aliphatic carboxylic acids is 1. The summed E-state index contributed by atoms with van der Waals surface area (Å²) in [6.07, 6.45) is 1.71. The van der Waals surface area contributed by atoms with E-state index >= 15 is 0 Å². The normalized spacial score (nSPS) is 21.2. The zero-order valence-electron chi connectivity index (χ0n) is 10.1. The number of benzene rings is 1. The van der Waals surface area contributed by atoms with Gasteiger partial charge in [-0.3, -0.25) is 4.79 Å². The van der Waals surface area contributed by atoms with Gasteiger partial charge in [0.1, 0.15) is 10.9 Å². The molecule has 1 N–H and O–H groups in total. The van der Waals surface area contributed by atoms with E-state index < -0.39 is 22.0 Å². The number of hydrogen-bond acceptors (Lipinski definition) is 3. The van der Waals surface area contributed by atoms with Gasteiger partial charge in [0, 0.05) is 6.54 Å². The lowest BCUT2D eigenvalue weighted by atomic mass is 10.1. The standard InChI is InChI=1S/C12H14ClNO4S/c13-9-5-1-2-7-11(9)19(17,18)14-8-4-3-6-10(14)12(15)16/h1-2,5,7,10H,3-4,6,8H2,(H,15,16)/t10-/m1/s1. The molecular weight excluding hydrogens is 290 g/mol. The lowest BCUT2D eigenvalue weighted by Crippen LogP contribution is -2.47. The third-order valence-corrected chi connectivity index (χ3v) is 5.57. The summed E-state index contributed by atoms with van der Waals surface area (Å²) in [6.45, 7) is 0.213. The number of sulfonamides is 1. The van der Waals surface area contributed by atoms with Crippen molar-refractivity contribution >= 4 is 27.6 Å². The number of carboxylic acids is 1. The Morgan fingerprint density at radius 3 is 2.63 bits per heavy atom. The average Bonchev–Trinajstić information content (AvgIpc) is 2.39. The molecule has 1 atom stereocenters. The summed E-state index contributed by atoms with van der Waals surface area (Å²) >= 11 is 5.90. The maximum Gasteiger partial charge on any atom is 0.322 e. The highest BCUT2D eigenvalue weighted by Crippen LogP contribution is 2.29. The van der Waals surface area contributed by atoms with Gasteiger partial charge in [-0.25, -0.2) is 8.42 Å². The van der Waals surface area contributed by atoms with Gasteiger partial charge in [-0.15, -0.1) is 0 Å². The van der Waals surface area contributed by atoms with E-state index in [1.165, 1.54) is 12.1 Å². The molecule has 1 fully saturated rings. The maximum absolute atomic E-state index is 12.5. The van der Waals surface area contributed by atoms with E-state index in [0.717, 1.165) is 4.31 Å². The van der Waals surface area contributed by atoms with Gasteiger partial charge in [-0.05, 0) is 31.4 Å². The molecule has 19 heavy (non-hydrogen) atoms. The molecule has 0 radical (unpaired) electrons. The molecule has 1 aromatic rings. The Bertz CT molecular complexity index is 587. The summed E-state index contributed by atoms with van der Waals surface area (Å²) in [7, 11) is -3.87. The Balaban J connectivity index is 2.43. The van der Waals surface area contributed by atoms with Crippen molar-refractivity contribution in [1.29, 1.82) is 0 Å². The van der Waals surface area contributed by atoms with E-state index in [4.69, 9.17) is 16.7 Å². The topological polar surface area (TPSA) is 74.7 Å². The van der Waals surface area contributed by atoms with Crippen LogP contribution in [0.2, 0.25) is 5.02 Å². The molecule has 0 saturated carbocycles. The third-order valence-electron chi connectivity index (χ3n) is 3.16. The van der Waals surface area contributed by atoms with Gasteiger partial charge >= 0.3 is 5.97 Å².